The fourth-order valence-corrected chi connectivity index (χ4v) is 4.16. The minimum Gasteiger partial charge on any atom is -0.326 e. The first kappa shape index (κ1) is 20.7. The highest BCUT2D eigenvalue weighted by Gasteiger charge is 2.14. The van der Waals surface area contributed by atoms with Crippen molar-refractivity contribution in [3.63, 3.8) is 0 Å². The van der Waals surface area contributed by atoms with E-state index in [4.69, 9.17) is 4.99 Å². The van der Waals surface area contributed by atoms with E-state index in [9.17, 15) is 4.79 Å². The van der Waals surface area contributed by atoms with Crippen LogP contribution in [0, 0.1) is 0 Å². The molecule has 1 aliphatic carbocycles. The smallest absolute Gasteiger partial charge is 0.230 e. The zero-order chi connectivity index (χ0) is 17.8. The number of aromatic nitrogens is 1. The van der Waals surface area contributed by atoms with E-state index in [-0.39, 0.29) is 18.3 Å². The zero-order valence-corrected chi connectivity index (χ0v) is 17.3. The molecule has 0 unspecified atom stereocenters. The third kappa shape index (κ3) is 5.21. The predicted molar refractivity (Wildman–Crippen MR) is 111 cm³/mol. The molecule has 3 rings (SSSR count). The summed E-state index contributed by atoms with van der Waals surface area (Å²) in [6, 6.07) is 8.56. The van der Waals surface area contributed by atoms with Gasteiger partial charge in [-0.25, -0.2) is 0 Å². The van der Waals surface area contributed by atoms with Gasteiger partial charge in [-0.2, -0.15) is 0 Å². The van der Waals surface area contributed by atoms with Crippen LogP contribution in [0.5, 0.6) is 0 Å². The van der Waals surface area contributed by atoms with Crippen LogP contribution in [-0.2, 0) is 18.3 Å². The third-order valence-corrected chi connectivity index (χ3v) is 5.82. The van der Waals surface area contributed by atoms with Crippen molar-refractivity contribution in [2.45, 2.75) is 57.9 Å². The summed E-state index contributed by atoms with van der Waals surface area (Å²) in [6.07, 6.45) is 5.33. The average Bonchev–Trinajstić information content (AvgIpc) is 3.21. The quantitative estimate of drug-likeness (QED) is 0.789. The molecule has 142 valence electrons. The maximum atomic E-state index is 12.4. The Bertz CT molecular complexity index is 786. The first-order chi connectivity index (χ1) is 12.0. The van der Waals surface area contributed by atoms with Gasteiger partial charge in [-0.1, -0.05) is 38.8 Å². The zero-order valence-electron chi connectivity index (χ0n) is 15.7. The molecule has 1 amide bonds. The second-order valence-electron chi connectivity index (χ2n) is 7.14. The summed E-state index contributed by atoms with van der Waals surface area (Å²) in [7, 11) is 2.00. The largest absolute Gasteiger partial charge is 0.326 e. The average molecular weight is 394 g/mol. The first-order valence-electron chi connectivity index (χ1n) is 9.10. The van der Waals surface area contributed by atoms with Crippen molar-refractivity contribution in [1.29, 1.82) is 0 Å². The van der Waals surface area contributed by atoms with Crippen molar-refractivity contribution in [2.75, 3.05) is 5.32 Å². The summed E-state index contributed by atoms with van der Waals surface area (Å²) >= 11 is 1.63. The fraction of sp³-hybridized carbons (Fsp3) is 0.500. The number of halogens is 1. The number of benzene rings is 1. The number of anilines is 1. The number of carbonyl (C=O) groups is 1. The molecule has 0 saturated heterocycles. The van der Waals surface area contributed by atoms with Gasteiger partial charge in [-0.15, -0.1) is 23.7 Å². The lowest BCUT2D eigenvalue weighted by Crippen LogP contribution is -2.20. The lowest BCUT2D eigenvalue weighted by Gasteiger charge is -2.09. The standard InChI is InChI=1S/C20H27N3OS.ClH/c1-14(2)15-8-10-17(11-9-15)21-19(24)12-18-13-25-20(23(18)3)22-16-6-4-5-7-16;/h8-11,13-14,16H,4-7,12H2,1-3H3,(H,21,24);1H. The molecule has 4 nitrogen and oxygen atoms in total. The fourth-order valence-electron chi connectivity index (χ4n) is 3.19. The molecule has 26 heavy (non-hydrogen) atoms. The van der Waals surface area contributed by atoms with E-state index in [0.29, 0.717) is 18.4 Å². The van der Waals surface area contributed by atoms with E-state index in [1.54, 1.807) is 11.3 Å². The molecule has 2 aromatic rings. The summed E-state index contributed by atoms with van der Waals surface area (Å²) < 4.78 is 2.06. The van der Waals surface area contributed by atoms with Crippen molar-refractivity contribution in [3.05, 3.63) is 45.7 Å². The summed E-state index contributed by atoms with van der Waals surface area (Å²) in [5, 5.41) is 5.04. The Morgan fingerprint density at radius 3 is 2.54 bits per heavy atom. The molecule has 0 atom stereocenters. The Hall–Kier alpha value is -1.59. The Morgan fingerprint density at radius 2 is 1.92 bits per heavy atom. The van der Waals surface area contributed by atoms with Gasteiger partial charge in [0.05, 0.1) is 12.5 Å². The SMILES string of the molecule is CC(C)c1ccc(NC(=O)Cc2csc(=NC3CCCC3)n2C)cc1.Cl. The van der Waals surface area contributed by atoms with Gasteiger partial charge in [-0.3, -0.25) is 9.79 Å². The van der Waals surface area contributed by atoms with Gasteiger partial charge in [0.2, 0.25) is 5.91 Å². The van der Waals surface area contributed by atoms with Crippen molar-refractivity contribution in [1.82, 2.24) is 4.57 Å². The second kappa shape index (κ2) is 9.38. The Kier molecular flexibility index (Phi) is 7.47. The Morgan fingerprint density at radius 1 is 1.27 bits per heavy atom. The van der Waals surface area contributed by atoms with E-state index >= 15 is 0 Å². The number of thiazole rings is 1. The van der Waals surface area contributed by atoms with E-state index < -0.39 is 0 Å². The van der Waals surface area contributed by atoms with E-state index in [1.807, 2.05) is 19.2 Å². The van der Waals surface area contributed by atoms with Gasteiger partial charge in [0.25, 0.3) is 0 Å². The highest BCUT2D eigenvalue weighted by molar-refractivity contribution is 7.07. The molecular weight excluding hydrogens is 366 g/mol. The van der Waals surface area contributed by atoms with Crippen LogP contribution < -0.4 is 10.1 Å². The lowest BCUT2D eigenvalue weighted by molar-refractivity contribution is -0.115. The molecule has 6 heteroatoms. The van der Waals surface area contributed by atoms with Gasteiger partial charge >= 0.3 is 0 Å². The highest BCUT2D eigenvalue weighted by atomic mass is 35.5. The van der Waals surface area contributed by atoms with Crippen LogP contribution in [0.2, 0.25) is 0 Å². The Balaban J connectivity index is 0.00000243. The van der Waals surface area contributed by atoms with Gasteiger partial charge in [0.1, 0.15) is 0 Å². The van der Waals surface area contributed by atoms with Crippen molar-refractivity contribution >= 4 is 35.3 Å². The molecular formula is C20H28ClN3OS. The number of nitrogens with zero attached hydrogens (tertiary/aromatic N) is 2. The normalized spacial score (nSPS) is 15.3. The maximum absolute atomic E-state index is 12.4. The van der Waals surface area contributed by atoms with Crippen LogP contribution in [-0.4, -0.2) is 16.5 Å². The highest BCUT2D eigenvalue weighted by Crippen LogP contribution is 2.20. The van der Waals surface area contributed by atoms with E-state index in [2.05, 4.69) is 41.2 Å². The minimum absolute atomic E-state index is 0. The van der Waals surface area contributed by atoms with Gasteiger partial charge in [-0.05, 0) is 36.5 Å². The number of nitrogens with one attached hydrogen (secondary N) is 1. The lowest BCUT2D eigenvalue weighted by atomic mass is 10.0. The number of amides is 1. The molecule has 1 aromatic carbocycles. The summed E-state index contributed by atoms with van der Waals surface area (Å²) in [6.45, 7) is 4.33. The molecule has 1 N–H and O–H groups in total. The van der Waals surface area contributed by atoms with Crippen LogP contribution in [0.15, 0.2) is 34.6 Å². The van der Waals surface area contributed by atoms with Crippen molar-refractivity contribution in [2.24, 2.45) is 12.0 Å². The summed E-state index contributed by atoms with van der Waals surface area (Å²) in [5.41, 5.74) is 3.14. The topological polar surface area (TPSA) is 46.4 Å². The van der Waals surface area contributed by atoms with E-state index in [0.717, 1.165) is 16.2 Å². The molecule has 1 aromatic heterocycles. The minimum atomic E-state index is 0. The van der Waals surface area contributed by atoms with Gasteiger partial charge < -0.3 is 9.88 Å². The molecule has 0 aliphatic heterocycles. The second-order valence-corrected chi connectivity index (χ2v) is 7.97. The number of hydrogen-bond donors (Lipinski definition) is 1. The molecule has 1 heterocycles. The van der Waals surface area contributed by atoms with Crippen LogP contribution in [0.3, 0.4) is 0 Å². The van der Waals surface area contributed by atoms with Crippen LogP contribution >= 0.6 is 23.7 Å². The van der Waals surface area contributed by atoms with Crippen molar-refractivity contribution < 1.29 is 4.79 Å². The number of carbonyl (C=O) groups excluding carboxylic acids is 1. The van der Waals surface area contributed by atoms with Crippen LogP contribution in [0.4, 0.5) is 5.69 Å². The van der Waals surface area contributed by atoms with Crippen LogP contribution in [0.1, 0.15) is 56.7 Å². The van der Waals surface area contributed by atoms with E-state index in [1.165, 1.54) is 31.2 Å². The van der Waals surface area contributed by atoms with Gasteiger partial charge in [0, 0.05) is 23.8 Å². The predicted octanol–water partition coefficient (Wildman–Crippen LogP) is 4.66. The molecule has 1 fully saturated rings. The van der Waals surface area contributed by atoms with Crippen molar-refractivity contribution in [3.8, 4) is 0 Å². The monoisotopic (exact) mass is 393 g/mol. The summed E-state index contributed by atoms with van der Waals surface area (Å²) in [5.74, 6) is 0.509. The first-order valence-corrected chi connectivity index (χ1v) is 9.98. The van der Waals surface area contributed by atoms with Gasteiger partial charge in [0.15, 0.2) is 4.80 Å². The molecule has 1 aliphatic rings. The molecule has 0 bridgehead atoms. The number of rotatable bonds is 5. The molecule has 0 spiro atoms. The summed E-state index contributed by atoms with van der Waals surface area (Å²) in [4.78, 5) is 18.2. The molecule has 0 radical (unpaired) electrons. The van der Waals surface area contributed by atoms with Crippen LogP contribution in [0.25, 0.3) is 0 Å². The Labute approximate surface area is 165 Å². The molecule has 1 saturated carbocycles. The third-order valence-electron chi connectivity index (χ3n) is 4.84. The maximum Gasteiger partial charge on any atom is 0.230 e. The number of hydrogen-bond acceptors (Lipinski definition) is 3.